The van der Waals surface area contributed by atoms with Gasteiger partial charge >= 0.3 is 0 Å². The summed E-state index contributed by atoms with van der Waals surface area (Å²) in [5.74, 6) is 4.21. The first-order valence-corrected chi connectivity index (χ1v) is 9.88. The zero-order valence-electron chi connectivity index (χ0n) is 17.9. The van der Waals surface area contributed by atoms with E-state index in [2.05, 4.69) is 15.6 Å². The van der Waals surface area contributed by atoms with Gasteiger partial charge in [0, 0.05) is 18.7 Å². The van der Waals surface area contributed by atoms with Crippen LogP contribution in [0.1, 0.15) is 18.1 Å². The lowest BCUT2D eigenvalue weighted by atomic mass is 10.1. The fourth-order valence-corrected chi connectivity index (χ4v) is 3.23. The molecule has 2 aromatic rings. The van der Waals surface area contributed by atoms with Gasteiger partial charge in [-0.05, 0) is 37.1 Å². The molecule has 0 aliphatic carbocycles. The number of benzene rings is 2. The van der Waals surface area contributed by atoms with Gasteiger partial charge in [-0.2, -0.15) is 0 Å². The largest absolute Gasteiger partial charge is 0.493 e. The number of aliphatic imine (C=N–C) groups is 1. The standard InChI is InChI=1S/C22H29N3O5/c1-5-23-22(25-13-15-6-8-17-19(12-15)30-14-29-17)24-11-10-16-7-9-18(26-2)21(28-4)20(16)27-3/h6-9,12H,5,10-11,13-14H2,1-4H3,(H2,23,24,25). The highest BCUT2D eigenvalue weighted by atomic mass is 16.7. The number of rotatable bonds is 9. The molecule has 1 heterocycles. The van der Waals surface area contributed by atoms with Crippen LogP contribution in [0.15, 0.2) is 35.3 Å². The number of nitrogens with zero attached hydrogens (tertiary/aromatic N) is 1. The lowest BCUT2D eigenvalue weighted by molar-refractivity contribution is 0.174. The van der Waals surface area contributed by atoms with E-state index in [1.807, 2.05) is 37.3 Å². The summed E-state index contributed by atoms with van der Waals surface area (Å²) in [6.45, 7) is 4.29. The summed E-state index contributed by atoms with van der Waals surface area (Å²) >= 11 is 0. The molecule has 162 valence electrons. The molecular formula is C22H29N3O5. The Labute approximate surface area is 177 Å². The van der Waals surface area contributed by atoms with Gasteiger partial charge in [0.05, 0.1) is 27.9 Å². The molecule has 0 amide bonds. The Bertz CT molecular complexity index is 885. The van der Waals surface area contributed by atoms with Crippen LogP contribution in [-0.4, -0.2) is 47.2 Å². The molecule has 0 saturated heterocycles. The van der Waals surface area contributed by atoms with Crippen LogP contribution >= 0.6 is 0 Å². The van der Waals surface area contributed by atoms with Crippen LogP contribution < -0.4 is 34.3 Å². The first kappa shape index (κ1) is 21.4. The second-order valence-electron chi connectivity index (χ2n) is 6.55. The number of guanidine groups is 1. The van der Waals surface area contributed by atoms with Crippen molar-refractivity contribution in [2.24, 2.45) is 4.99 Å². The topological polar surface area (TPSA) is 82.6 Å². The maximum atomic E-state index is 5.56. The molecule has 0 aromatic heterocycles. The smallest absolute Gasteiger partial charge is 0.231 e. The molecule has 30 heavy (non-hydrogen) atoms. The number of nitrogens with one attached hydrogen (secondary N) is 2. The number of hydrogen-bond acceptors (Lipinski definition) is 6. The van der Waals surface area contributed by atoms with Crippen molar-refractivity contribution in [2.75, 3.05) is 41.2 Å². The molecule has 3 rings (SSSR count). The summed E-state index contributed by atoms with van der Waals surface area (Å²) in [7, 11) is 4.84. The van der Waals surface area contributed by atoms with Crippen LogP contribution in [-0.2, 0) is 13.0 Å². The van der Waals surface area contributed by atoms with Crippen LogP contribution in [0.5, 0.6) is 28.7 Å². The van der Waals surface area contributed by atoms with Crippen LogP contribution in [0.2, 0.25) is 0 Å². The third-order valence-corrected chi connectivity index (χ3v) is 4.67. The maximum absolute atomic E-state index is 5.56. The van der Waals surface area contributed by atoms with Crippen LogP contribution in [0.3, 0.4) is 0 Å². The maximum Gasteiger partial charge on any atom is 0.231 e. The minimum Gasteiger partial charge on any atom is -0.493 e. The van der Waals surface area contributed by atoms with E-state index >= 15 is 0 Å². The number of methoxy groups -OCH3 is 3. The molecule has 0 radical (unpaired) electrons. The summed E-state index contributed by atoms with van der Waals surface area (Å²) in [5, 5.41) is 6.63. The average Bonchev–Trinajstić information content (AvgIpc) is 3.24. The first-order chi connectivity index (χ1) is 14.7. The summed E-state index contributed by atoms with van der Waals surface area (Å²) < 4.78 is 27.1. The fourth-order valence-electron chi connectivity index (χ4n) is 3.23. The number of fused-ring (bicyclic) bond motifs is 1. The Hall–Kier alpha value is -3.29. The van der Waals surface area contributed by atoms with E-state index in [0.29, 0.717) is 30.3 Å². The van der Waals surface area contributed by atoms with Crippen molar-refractivity contribution in [3.8, 4) is 28.7 Å². The number of hydrogen-bond donors (Lipinski definition) is 2. The Morgan fingerprint density at radius 3 is 2.50 bits per heavy atom. The molecular weight excluding hydrogens is 386 g/mol. The second-order valence-corrected chi connectivity index (χ2v) is 6.55. The number of ether oxygens (including phenoxy) is 5. The third-order valence-electron chi connectivity index (χ3n) is 4.67. The van der Waals surface area contributed by atoms with Gasteiger partial charge in [0.25, 0.3) is 0 Å². The Morgan fingerprint density at radius 2 is 1.77 bits per heavy atom. The normalized spacial score (nSPS) is 12.5. The van der Waals surface area contributed by atoms with Gasteiger partial charge in [-0.15, -0.1) is 0 Å². The summed E-state index contributed by atoms with van der Waals surface area (Å²) in [6, 6.07) is 9.74. The van der Waals surface area contributed by atoms with Crippen molar-refractivity contribution in [3.63, 3.8) is 0 Å². The van der Waals surface area contributed by atoms with Gasteiger partial charge in [0.15, 0.2) is 29.0 Å². The Balaban J connectivity index is 1.63. The molecule has 2 aromatic carbocycles. The molecule has 8 nitrogen and oxygen atoms in total. The van der Waals surface area contributed by atoms with E-state index in [4.69, 9.17) is 23.7 Å². The van der Waals surface area contributed by atoms with Crippen LogP contribution in [0.4, 0.5) is 0 Å². The molecule has 0 fully saturated rings. The second kappa shape index (κ2) is 10.5. The summed E-state index contributed by atoms with van der Waals surface area (Å²) in [5.41, 5.74) is 2.08. The minimum atomic E-state index is 0.270. The molecule has 1 aliphatic heterocycles. The van der Waals surface area contributed by atoms with Gasteiger partial charge in [-0.3, -0.25) is 0 Å². The monoisotopic (exact) mass is 415 g/mol. The van der Waals surface area contributed by atoms with E-state index in [0.717, 1.165) is 41.6 Å². The van der Waals surface area contributed by atoms with Crippen molar-refractivity contribution in [1.82, 2.24) is 10.6 Å². The predicted molar refractivity (Wildman–Crippen MR) is 115 cm³/mol. The van der Waals surface area contributed by atoms with Gasteiger partial charge in [-0.25, -0.2) is 4.99 Å². The minimum absolute atomic E-state index is 0.270. The molecule has 8 heteroatoms. The Morgan fingerprint density at radius 1 is 0.967 bits per heavy atom. The molecule has 0 unspecified atom stereocenters. The van der Waals surface area contributed by atoms with Gasteiger partial charge in [0.2, 0.25) is 12.5 Å². The zero-order valence-corrected chi connectivity index (χ0v) is 17.9. The first-order valence-electron chi connectivity index (χ1n) is 9.88. The van der Waals surface area contributed by atoms with E-state index in [1.165, 1.54) is 0 Å². The molecule has 0 saturated carbocycles. The van der Waals surface area contributed by atoms with Gasteiger partial charge in [0.1, 0.15) is 0 Å². The fraction of sp³-hybridized carbons (Fsp3) is 0.409. The van der Waals surface area contributed by atoms with E-state index in [9.17, 15) is 0 Å². The van der Waals surface area contributed by atoms with E-state index < -0.39 is 0 Å². The highest BCUT2D eigenvalue weighted by Gasteiger charge is 2.16. The molecule has 0 bridgehead atoms. The van der Waals surface area contributed by atoms with E-state index in [-0.39, 0.29) is 6.79 Å². The SMILES string of the molecule is CCNC(=NCc1ccc2c(c1)OCO2)NCCc1ccc(OC)c(OC)c1OC. The predicted octanol–water partition coefficient (Wildman–Crippen LogP) is 2.74. The van der Waals surface area contributed by atoms with Crippen LogP contribution in [0.25, 0.3) is 0 Å². The third kappa shape index (κ3) is 5.00. The molecule has 0 atom stereocenters. The zero-order chi connectivity index (χ0) is 21.3. The summed E-state index contributed by atoms with van der Waals surface area (Å²) in [6.07, 6.45) is 0.734. The molecule has 0 spiro atoms. The molecule has 1 aliphatic rings. The lowest BCUT2D eigenvalue weighted by Gasteiger charge is -2.16. The lowest BCUT2D eigenvalue weighted by Crippen LogP contribution is -2.38. The average molecular weight is 415 g/mol. The van der Waals surface area contributed by atoms with E-state index in [1.54, 1.807) is 21.3 Å². The van der Waals surface area contributed by atoms with Gasteiger partial charge in [-0.1, -0.05) is 12.1 Å². The van der Waals surface area contributed by atoms with Gasteiger partial charge < -0.3 is 34.3 Å². The quantitative estimate of drug-likeness (QED) is 0.481. The van der Waals surface area contributed by atoms with Crippen molar-refractivity contribution in [3.05, 3.63) is 41.5 Å². The summed E-state index contributed by atoms with van der Waals surface area (Å²) in [4.78, 5) is 4.67. The highest BCUT2D eigenvalue weighted by molar-refractivity contribution is 5.79. The van der Waals surface area contributed by atoms with Crippen molar-refractivity contribution in [2.45, 2.75) is 19.9 Å². The van der Waals surface area contributed by atoms with Crippen molar-refractivity contribution < 1.29 is 23.7 Å². The van der Waals surface area contributed by atoms with Crippen molar-refractivity contribution in [1.29, 1.82) is 0 Å². The van der Waals surface area contributed by atoms with Crippen molar-refractivity contribution >= 4 is 5.96 Å². The molecule has 2 N–H and O–H groups in total. The highest BCUT2D eigenvalue weighted by Crippen LogP contribution is 2.39. The van der Waals surface area contributed by atoms with Crippen LogP contribution in [0, 0.1) is 0 Å². The Kier molecular flexibility index (Phi) is 7.48.